The fraction of sp³-hybridized carbons (Fsp3) is 0.462. The molecular formula is C13H17ClN2O2S. The van der Waals surface area contributed by atoms with Gasteiger partial charge >= 0.3 is 0 Å². The van der Waals surface area contributed by atoms with Crippen molar-refractivity contribution >= 4 is 28.8 Å². The number of halogens is 1. The SMILES string of the molecule is COc1cc(C(=S)N2CCN(C)CC2)cc(Cl)c1O. The number of thiocarbonyl (C=S) groups is 1. The Balaban J connectivity index is 2.22. The van der Waals surface area contributed by atoms with E-state index in [1.165, 1.54) is 7.11 Å². The normalized spacial score (nSPS) is 16.5. The van der Waals surface area contributed by atoms with Gasteiger partial charge in [-0.25, -0.2) is 0 Å². The molecule has 1 fully saturated rings. The quantitative estimate of drug-likeness (QED) is 0.845. The zero-order valence-electron chi connectivity index (χ0n) is 11.0. The Morgan fingerprint density at radius 3 is 2.53 bits per heavy atom. The second-order valence-corrected chi connectivity index (χ2v) is 5.40. The molecule has 0 saturated carbocycles. The van der Waals surface area contributed by atoms with E-state index < -0.39 is 0 Å². The van der Waals surface area contributed by atoms with E-state index in [0.717, 1.165) is 36.7 Å². The fourth-order valence-corrected chi connectivity index (χ4v) is 2.56. The molecule has 6 heteroatoms. The predicted molar refractivity (Wildman–Crippen MR) is 80.4 cm³/mol. The Morgan fingerprint density at radius 1 is 1.32 bits per heavy atom. The molecule has 1 aromatic rings. The van der Waals surface area contributed by atoms with Crippen LogP contribution in [0.2, 0.25) is 5.02 Å². The highest BCUT2D eigenvalue weighted by molar-refractivity contribution is 7.80. The minimum absolute atomic E-state index is 0.0471. The molecule has 1 saturated heterocycles. The number of piperazine rings is 1. The van der Waals surface area contributed by atoms with Crippen molar-refractivity contribution in [3.63, 3.8) is 0 Å². The minimum atomic E-state index is -0.0471. The molecular weight excluding hydrogens is 284 g/mol. The van der Waals surface area contributed by atoms with Crippen LogP contribution < -0.4 is 4.74 Å². The number of phenols is 1. The van der Waals surface area contributed by atoms with E-state index in [9.17, 15) is 5.11 Å². The second-order valence-electron chi connectivity index (χ2n) is 4.60. The van der Waals surface area contributed by atoms with Crippen LogP contribution in [0, 0.1) is 0 Å². The Kier molecular flexibility index (Phi) is 4.50. The van der Waals surface area contributed by atoms with Crippen molar-refractivity contribution in [1.82, 2.24) is 9.80 Å². The zero-order valence-corrected chi connectivity index (χ0v) is 12.6. The Morgan fingerprint density at radius 2 is 1.95 bits per heavy atom. The third-order valence-electron chi connectivity index (χ3n) is 3.29. The highest BCUT2D eigenvalue weighted by atomic mass is 35.5. The summed E-state index contributed by atoms with van der Waals surface area (Å²) >= 11 is 11.5. The monoisotopic (exact) mass is 300 g/mol. The average molecular weight is 301 g/mol. The van der Waals surface area contributed by atoms with Crippen molar-refractivity contribution in [1.29, 1.82) is 0 Å². The van der Waals surface area contributed by atoms with Crippen molar-refractivity contribution in [2.75, 3.05) is 40.3 Å². The smallest absolute Gasteiger partial charge is 0.176 e. The fourth-order valence-electron chi connectivity index (χ4n) is 2.05. The molecule has 1 N–H and O–H groups in total. The van der Waals surface area contributed by atoms with Gasteiger partial charge in [0.15, 0.2) is 11.5 Å². The van der Waals surface area contributed by atoms with E-state index >= 15 is 0 Å². The zero-order chi connectivity index (χ0) is 14.0. The van der Waals surface area contributed by atoms with Crippen LogP contribution in [0.1, 0.15) is 5.56 Å². The summed E-state index contributed by atoms with van der Waals surface area (Å²) in [6.07, 6.45) is 0. The highest BCUT2D eigenvalue weighted by Crippen LogP contribution is 2.35. The largest absolute Gasteiger partial charge is 0.503 e. The molecule has 104 valence electrons. The van der Waals surface area contributed by atoms with Crippen LogP contribution in [0.3, 0.4) is 0 Å². The lowest BCUT2D eigenvalue weighted by molar-refractivity contribution is 0.218. The number of aromatic hydroxyl groups is 1. The Bertz CT molecular complexity index is 488. The molecule has 1 aliphatic rings. The lowest BCUT2D eigenvalue weighted by Gasteiger charge is -2.34. The summed E-state index contributed by atoms with van der Waals surface area (Å²) in [4.78, 5) is 5.16. The van der Waals surface area contributed by atoms with Gasteiger partial charge in [-0.15, -0.1) is 0 Å². The maximum Gasteiger partial charge on any atom is 0.176 e. The molecule has 4 nitrogen and oxygen atoms in total. The summed E-state index contributed by atoms with van der Waals surface area (Å²) in [6.45, 7) is 3.78. The first kappa shape index (κ1) is 14.4. The number of rotatable bonds is 2. The molecule has 1 aromatic carbocycles. The van der Waals surface area contributed by atoms with Crippen LogP contribution in [0.15, 0.2) is 12.1 Å². The highest BCUT2D eigenvalue weighted by Gasteiger charge is 2.19. The molecule has 0 aliphatic carbocycles. The number of hydrogen-bond donors (Lipinski definition) is 1. The number of hydrogen-bond acceptors (Lipinski definition) is 4. The molecule has 0 spiro atoms. The molecule has 0 bridgehead atoms. The summed E-state index contributed by atoms with van der Waals surface area (Å²) in [6, 6.07) is 3.40. The number of benzene rings is 1. The van der Waals surface area contributed by atoms with E-state index in [1.54, 1.807) is 12.1 Å². The lowest BCUT2D eigenvalue weighted by atomic mass is 10.1. The molecule has 2 rings (SSSR count). The summed E-state index contributed by atoms with van der Waals surface area (Å²) in [5, 5.41) is 9.98. The van der Waals surface area contributed by atoms with Crippen molar-refractivity contribution in [2.45, 2.75) is 0 Å². The van der Waals surface area contributed by atoms with E-state index in [1.807, 2.05) is 0 Å². The molecule has 1 aliphatic heterocycles. The molecule has 1 heterocycles. The third-order valence-corrected chi connectivity index (χ3v) is 4.07. The first-order valence-electron chi connectivity index (χ1n) is 6.07. The van der Waals surface area contributed by atoms with Gasteiger partial charge in [0.2, 0.25) is 0 Å². The minimum Gasteiger partial charge on any atom is -0.503 e. The first-order valence-corrected chi connectivity index (χ1v) is 6.86. The van der Waals surface area contributed by atoms with Crippen molar-refractivity contribution in [2.24, 2.45) is 0 Å². The van der Waals surface area contributed by atoms with E-state index in [2.05, 4.69) is 16.8 Å². The van der Waals surface area contributed by atoms with Gasteiger partial charge in [0.05, 0.1) is 12.1 Å². The average Bonchev–Trinajstić information content (AvgIpc) is 2.41. The van der Waals surface area contributed by atoms with Crippen LogP contribution in [0.4, 0.5) is 0 Å². The van der Waals surface area contributed by atoms with Gasteiger partial charge in [0.1, 0.15) is 4.99 Å². The topological polar surface area (TPSA) is 35.9 Å². The van der Waals surface area contributed by atoms with Crippen molar-refractivity contribution in [3.8, 4) is 11.5 Å². The number of likely N-dealkylation sites (N-methyl/N-ethyl adjacent to an activating group) is 1. The number of nitrogens with zero attached hydrogens (tertiary/aromatic N) is 2. The van der Waals surface area contributed by atoms with Crippen molar-refractivity contribution < 1.29 is 9.84 Å². The van der Waals surface area contributed by atoms with Gasteiger partial charge in [0, 0.05) is 31.7 Å². The van der Waals surface area contributed by atoms with Crippen LogP contribution in [-0.4, -0.2) is 60.2 Å². The van der Waals surface area contributed by atoms with Crippen molar-refractivity contribution in [3.05, 3.63) is 22.7 Å². The lowest BCUT2D eigenvalue weighted by Crippen LogP contribution is -2.46. The Hall–Kier alpha value is -1.04. The van der Waals surface area contributed by atoms with Gasteiger partial charge in [-0.3, -0.25) is 0 Å². The molecule has 0 aromatic heterocycles. The van der Waals surface area contributed by atoms with Crippen LogP contribution in [0.5, 0.6) is 11.5 Å². The van der Waals surface area contributed by atoms with Gasteiger partial charge in [-0.05, 0) is 19.2 Å². The molecule has 0 amide bonds. The summed E-state index contributed by atoms with van der Waals surface area (Å²) in [5.41, 5.74) is 0.805. The van der Waals surface area contributed by atoms with E-state index in [-0.39, 0.29) is 10.8 Å². The van der Waals surface area contributed by atoms with Gasteiger partial charge in [-0.2, -0.15) is 0 Å². The number of methoxy groups -OCH3 is 1. The molecule has 0 atom stereocenters. The maximum atomic E-state index is 9.73. The summed E-state index contributed by atoms with van der Waals surface area (Å²) in [5.74, 6) is 0.299. The van der Waals surface area contributed by atoms with Gasteiger partial charge in [-0.1, -0.05) is 23.8 Å². The first-order chi connectivity index (χ1) is 9.02. The van der Waals surface area contributed by atoms with Gasteiger partial charge in [0.25, 0.3) is 0 Å². The van der Waals surface area contributed by atoms with Crippen LogP contribution in [-0.2, 0) is 0 Å². The van der Waals surface area contributed by atoms with Crippen LogP contribution >= 0.6 is 23.8 Å². The van der Waals surface area contributed by atoms with Gasteiger partial charge < -0.3 is 19.6 Å². The van der Waals surface area contributed by atoms with Crippen LogP contribution in [0.25, 0.3) is 0 Å². The van der Waals surface area contributed by atoms with E-state index in [0.29, 0.717) is 5.75 Å². The molecule has 19 heavy (non-hydrogen) atoms. The Labute approximate surface area is 123 Å². The second kappa shape index (κ2) is 5.94. The molecule has 0 unspecified atom stereocenters. The summed E-state index contributed by atoms with van der Waals surface area (Å²) in [7, 11) is 3.59. The van der Waals surface area contributed by atoms with E-state index in [4.69, 9.17) is 28.6 Å². The maximum absolute atomic E-state index is 9.73. The molecule has 0 radical (unpaired) electrons. The third kappa shape index (κ3) is 3.11. The predicted octanol–water partition coefficient (Wildman–Crippen LogP) is 1.98. The number of ether oxygens (including phenoxy) is 1. The number of phenolic OH excluding ortho intramolecular Hbond substituents is 1. The summed E-state index contributed by atoms with van der Waals surface area (Å²) < 4.78 is 5.10. The standard InChI is InChI=1S/C13H17ClN2O2S/c1-15-3-5-16(6-4-15)13(19)9-7-10(14)12(17)11(8-9)18-2/h7-8,17H,3-6H2,1-2H3.